The zero-order chi connectivity index (χ0) is 24.8. The molecule has 8 nitrogen and oxygen atoms in total. The summed E-state index contributed by atoms with van der Waals surface area (Å²) in [6.45, 7) is -0.240. The Kier molecular flexibility index (Phi) is 8.34. The minimum atomic E-state index is -0.380. The third-order valence-electron chi connectivity index (χ3n) is 4.67. The molecule has 0 spiro atoms. The lowest BCUT2D eigenvalue weighted by Crippen LogP contribution is -2.27. The van der Waals surface area contributed by atoms with Crippen molar-refractivity contribution >= 4 is 79.9 Å². The molecule has 180 valence electrons. The van der Waals surface area contributed by atoms with E-state index >= 15 is 0 Å². The average Bonchev–Trinajstić information content (AvgIpc) is 3.41. The SMILES string of the molecule is COc1cc(/C=C2\SC(=S)N(c3ccccc3)C2=O)ccc1OCC(=O)Nc1nnc(CCCl)s1. The molecule has 2 heterocycles. The molecule has 4 rings (SSSR count). The summed E-state index contributed by atoms with van der Waals surface area (Å²) in [5, 5.41) is 11.6. The highest BCUT2D eigenvalue weighted by molar-refractivity contribution is 8.27. The van der Waals surface area contributed by atoms with Gasteiger partial charge in [0.25, 0.3) is 11.8 Å². The topological polar surface area (TPSA) is 93.6 Å². The van der Waals surface area contributed by atoms with Gasteiger partial charge in [-0.25, -0.2) is 0 Å². The standard InChI is InChI=1S/C23H19ClN4O4S3/c1-31-17-11-14(12-18-21(30)28(23(33)34-18)15-5-3-2-4-6-15)7-8-16(17)32-13-19(29)25-22-27-26-20(35-22)9-10-24/h2-8,11-12H,9-10,13H2,1H3,(H,25,27,29)/b18-12-. The number of benzene rings is 2. The van der Waals surface area contributed by atoms with Gasteiger partial charge in [0.1, 0.15) is 5.01 Å². The molecule has 3 aromatic rings. The van der Waals surface area contributed by atoms with Crippen LogP contribution in [0.2, 0.25) is 0 Å². The molecule has 1 fully saturated rings. The van der Waals surface area contributed by atoms with Gasteiger partial charge in [0.15, 0.2) is 22.4 Å². The number of aryl methyl sites for hydroxylation is 1. The molecule has 0 bridgehead atoms. The van der Waals surface area contributed by atoms with E-state index in [0.29, 0.717) is 38.2 Å². The number of carbonyl (C=O) groups excluding carboxylic acids is 2. The molecule has 1 aliphatic heterocycles. The second-order valence-corrected chi connectivity index (χ2v) is 10.2. The molecule has 0 saturated carbocycles. The monoisotopic (exact) mass is 546 g/mol. The van der Waals surface area contributed by atoms with E-state index in [9.17, 15) is 9.59 Å². The van der Waals surface area contributed by atoms with Crippen molar-refractivity contribution in [2.45, 2.75) is 6.42 Å². The number of methoxy groups -OCH3 is 1. The summed E-state index contributed by atoms with van der Waals surface area (Å²) in [5.74, 6) is 0.674. The number of rotatable bonds is 9. The van der Waals surface area contributed by atoms with Crippen LogP contribution in [0, 0.1) is 0 Å². The van der Waals surface area contributed by atoms with E-state index < -0.39 is 0 Å². The number of hydrogen-bond acceptors (Lipinski definition) is 9. The number of anilines is 2. The minimum absolute atomic E-state index is 0.187. The van der Waals surface area contributed by atoms with Gasteiger partial charge < -0.3 is 9.47 Å². The normalized spacial score (nSPS) is 14.5. The number of thioether (sulfide) groups is 1. The number of alkyl halides is 1. The van der Waals surface area contributed by atoms with Crippen LogP contribution in [0.1, 0.15) is 10.6 Å². The summed E-state index contributed by atoms with van der Waals surface area (Å²) < 4.78 is 11.5. The average molecular weight is 547 g/mol. The number of aromatic nitrogens is 2. The summed E-state index contributed by atoms with van der Waals surface area (Å²) >= 11 is 13.6. The highest BCUT2D eigenvalue weighted by Gasteiger charge is 2.33. The van der Waals surface area contributed by atoms with Crippen LogP contribution in [0.15, 0.2) is 53.4 Å². The summed E-state index contributed by atoms with van der Waals surface area (Å²) in [7, 11) is 1.50. The van der Waals surface area contributed by atoms with Crippen molar-refractivity contribution in [3.8, 4) is 11.5 Å². The van der Waals surface area contributed by atoms with Crippen molar-refractivity contribution in [3.63, 3.8) is 0 Å². The molecule has 35 heavy (non-hydrogen) atoms. The van der Waals surface area contributed by atoms with Crippen molar-refractivity contribution in [1.29, 1.82) is 0 Å². The molecule has 1 aromatic heterocycles. The van der Waals surface area contributed by atoms with E-state index in [2.05, 4.69) is 15.5 Å². The molecule has 0 atom stereocenters. The Balaban J connectivity index is 1.41. The van der Waals surface area contributed by atoms with E-state index in [-0.39, 0.29) is 18.4 Å². The van der Waals surface area contributed by atoms with Gasteiger partial charge in [0, 0.05) is 12.3 Å². The Morgan fingerprint density at radius 2 is 2.00 bits per heavy atom. The molecule has 0 unspecified atom stereocenters. The fourth-order valence-corrected chi connectivity index (χ4v) is 5.44. The highest BCUT2D eigenvalue weighted by atomic mass is 35.5. The quantitative estimate of drug-likeness (QED) is 0.233. The van der Waals surface area contributed by atoms with Crippen LogP contribution in [-0.4, -0.2) is 45.9 Å². The molecular formula is C23H19ClN4O4S3. The second kappa shape index (κ2) is 11.6. The first-order valence-electron chi connectivity index (χ1n) is 10.3. The number of carbonyl (C=O) groups is 2. The molecular weight excluding hydrogens is 528 g/mol. The van der Waals surface area contributed by atoms with Gasteiger partial charge in [-0.05, 0) is 35.9 Å². The Morgan fingerprint density at radius 3 is 2.74 bits per heavy atom. The van der Waals surface area contributed by atoms with Gasteiger partial charge in [-0.1, -0.05) is 59.6 Å². The number of hydrogen-bond donors (Lipinski definition) is 1. The maximum absolute atomic E-state index is 12.9. The maximum atomic E-state index is 12.9. The van der Waals surface area contributed by atoms with Gasteiger partial charge in [-0.2, -0.15) is 0 Å². The van der Waals surface area contributed by atoms with Crippen molar-refractivity contribution < 1.29 is 19.1 Å². The third kappa shape index (κ3) is 6.17. The lowest BCUT2D eigenvalue weighted by Gasteiger charge is -2.13. The van der Waals surface area contributed by atoms with Crippen LogP contribution < -0.4 is 19.7 Å². The zero-order valence-electron chi connectivity index (χ0n) is 18.4. The first kappa shape index (κ1) is 25.1. The summed E-state index contributed by atoms with van der Waals surface area (Å²) in [5.41, 5.74) is 1.45. The van der Waals surface area contributed by atoms with Crippen LogP contribution in [0.25, 0.3) is 6.08 Å². The van der Waals surface area contributed by atoms with E-state index in [0.717, 1.165) is 16.3 Å². The molecule has 2 aromatic carbocycles. The highest BCUT2D eigenvalue weighted by Crippen LogP contribution is 2.37. The number of thiocarbonyl (C=S) groups is 1. The first-order chi connectivity index (χ1) is 17.0. The fraction of sp³-hybridized carbons (Fsp3) is 0.174. The lowest BCUT2D eigenvalue weighted by molar-refractivity contribution is -0.118. The number of halogens is 1. The van der Waals surface area contributed by atoms with Crippen molar-refractivity contribution in [2.75, 3.05) is 29.8 Å². The number of ether oxygens (including phenoxy) is 2. The van der Waals surface area contributed by atoms with E-state index in [1.54, 1.807) is 24.3 Å². The van der Waals surface area contributed by atoms with Gasteiger partial charge in [0.05, 0.1) is 17.7 Å². The van der Waals surface area contributed by atoms with Crippen LogP contribution in [0.4, 0.5) is 10.8 Å². The first-order valence-corrected chi connectivity index (χ1v) is 12.9. The summed E-state index contributed by atoms with van der Waals surface area (Å²) in [4.78, 5) is 27.2. The number of nitrogens with one attached hydrogen (secondary N) is 1. The molecule has 1 saturated heterocycles. The molecule has 0 aliphatic carbocycles. The van der Waals surface area contributed by atoms with Crippen molar-refractivity contribution in [3.05, 3.63) is 64.0 Å². The van der Waals surface area contributed by atoms with Gasteiger partial charge in [-0.15, -0.1) is 21.8 Å². The molecule has 1 aliphatic rings. The molecule has 12 heteroatoms. The van der Waals surface area contributed by atoms with Crippen LogP contribution >= 0.6 is 46.9 Å². The third-order valence-corrected chi connectivity index (χ3v) is 7.06. The van der Waals surface area contributed by atoms with Gasteiger partial charge >= 0.3 is 0 Å². The molecule has 2 amide bonds. The van der Waals surface area contributed by atoms with Crippen molar-refractivity contribution in [2.24, 2.45) is 0 Å². The Labute approximate surface area is 220 Å². The minimum Gasteiger partial charge on any atom is -0.493 e. The number of nitrogens with zero attached hydrogens (tertiary/aromatic N) is 3. The Morgan fingerprint density at radius 1 is 1.20 bits per heavy atom. The Bertz CT molecular complexity index is 1280. The molecule has 0 radical (unpaired) electrons. The van der Waals surface area contributed by atoms with Crippen LogP contribution in [0.3, 0.4) is 0 Å². The van der Waals surface area contributed by atoms with Crippen molar-refractivity contribution in [1.82, 2.24) is 10.2 Å². The predicted molar refractivity (Wildman–Crippen MR) is 144 cm³/mol. The van der Waals surface area contributed by atoms with Gasteiger partial charge in [-0.3, -0.25) is 19.8 Å². The van der Waals surface area contributed by atoms with E-state index in [1.807, 2.05) is 30.3 Å². The number of para-hydroxylation sites is 1. The summed E-state index contributed by atoms with van der Waals surface area (Å²) in [6, 6.07) is 14.4. The van der Waals surface area contributed by atoms with Crippen LogP contribution in [-0.2, 0) is 16.0 Å². The largest absolute Gasteiger partial charge is 0.493 e. The smallest absolute Gasteiger partial charge is 0.270 e. The van der Waals surface area contributed by atoms with Gasteiger partial charge in [0.2, 0.25) is 5.13 Å². The second-order valence-electron chi connectivity index (χ2n) is 7.04. The fourth-order valence-electron chi connectivity index (χ4n) is 3.10. The maximum Gasteiger partial charge on any atom is 0.270 e. The zero-order valence-corrected chi connectivity index (χ0v) is 21.6. The summed E-state index contributed by atoms with van der Waals surface area (Å²) in [6.07, 6.45) is 2.33. The lowest BCUT2D eigenvalue weighted by atomic mass is 10.2. The van der Waals surface area contributed by atoms with Crippen LogP contribution in [0.5, 0.6) is 11.5 Å². The van der Waals surface area contributed by atoms with E-state index in [1.165, 1.54) is 35.1 Å². The van der Waals surface area contributed by atoms with E-state index in [4.69, 9.17) is 33.3 Å². The number of amides is 2. The molecule has 1 N–H and O–H groups in total. The predicted octanol–water partition coefficient (Wildman–Crippen LogP) is 4.75. The Hall–Kier alpha value is -2.99.